The number of carbonyl (C=O) groups excluding carboxylic acids is 1. The van der Waals surface area contributed by atoms with Gasteiger partial charge in [-0.25, -0.2) is 0 Å². The van der Waals surface area contributed by atoms with Crippen LogP contribution in [0.4, 0.5) is 0 Å². The zero-order valence-electron chi connectivity index (χ0n) is 15.4. The Hall–Kier alpha value is -1.35. The van der Waals surface area contributed by atoms with Crippen LogP contribution in [0, 0.1) is 17.8 Å². The summed E-state index contributed by atoms with van der Waals surface area (Å²) in [6.45, 7) is 4.21. The lowest BCUT2D eigenvalue weighted by atomic mass is 9.86. The Morgan fingerprint density at radius 3 is 2.44 bits per heavy atom. The van der Waals surface area contributed by atoms with E-state index in [0.717, 1.165) is 24.8 Å². The van der Waals surface area contributed by atoms with Crippen molar-refractivity contribution in [2.45, 2.75) is 64.5 Å². The maximum absolute atomic E-state index is 12.3. The van der Waals surface area contributed by atoms with Gasteiger partial charge in [0.2, 0.25) is 5.91 Å². The number of hydrogen-bond acceptors (Lipinski definition) is 2. The Morgan fingerprint density at radius 2 is 1.76 bits per heavy atom. The number of rotatable bonds is 6. The fraction of sp³-hybridized carbons (Fsp3) is 0.682. The number of benzene rings is 1. The van der Waals surface area contributed by atoms with Crippen LogP contribution in [0.15, 0.2) is 24.3 Å². The third-order valence-corrected chi connectivity index (χ3v) is 6.70. The Labute approximate surface area is 152 Å². The normalized spacial score (nSPS) is 29.0. The van der Waals surface area contributed by atoms with E-state index >= 15 is 0 Å². The fourth-order valence-corrected chi connectivity index (χ4v) is 5.28. The quantitative estimate of drug-likeness (QED) is 0.845. The van der Waals surface area contributed by atoms with Crippen molar-refractivity contribution in [1.29, 1.82) is 0 Å². The van der Waals surface area contributed by atoms with Crippen LogP contribution in [0.1, 0.15) is 62.5 Å². The maximum Gasteiger partial charge on any atom is 0.220 e. The summed E-state index contributed by atoms with van der Waals surface area (Å²) in [4.78, 5) is 14.8. The van der Waals surface area contributed by atoms with Crippen molar-refractivity contribution in [3.8, 4) is 0 Å². The first-order chi connectivity index (χ1) is 12.3. The molecule has 136 valence electrons. The standard InChI is InChI=1S/C22H32N2O/c25-22(14-21-13-19-8-9-20(21)12-19)23-15-17-4-6-18(7-5-17)16-24-10-2-1-3-11-24/h4-7,19-21H,1-3,8-16H2,(H,23,25)/t19-,20-,21-/m0/s1. The SMILES string of the molecule is O=C(C[C@@H]1C[C@H]2CC[C@H]1C2)NCc1ccc(CN2CCCCC2)cc1. The molecule has 2 bridgehead atoms. The maximum atomic E-state index is 12.3. The average Bonchev–Trinajstić information content (AvgIpc) is 3.25. The smallest absolute Gasteiger partial charge is 0.220 e. The first-order valence-electron chi connectivity index (χ1n) is 10.3. The second-order valence-electron chi connectivity index (χ2n) is 8.57. The van der Waals surface area contributed by atoms with Gasteiger partial charge in [-0.15, -0.1) is 0 Å². The van der Waals surface area contributed by atoms with Crippen molar-refractivity contribution in [1.82, 2.24) is 10.2 Å². The molecule has 1 heterocycles. The van der Waals surface area contributed by atoms with E-state index in [0.29, 0.717) is 12.5 Å². The zero-order valence-corrected chi connectivity index (χ0v) is 15.4. The highest BCUT2D eigenvalue weighted by Gasteiger charge is 2.39. The van der Waals surface area contributed by atoms with Crippen LogP contribution in [0.5, 0.6) is 0 Å². The molecule has 3 heteroatoms. The number of nitrogens with zero attached hydrogens (tertiary/aromatic N) is 1. The first kappa shape index (κ1) is 17.1. The minimum absolute atomic E-state index is 0.245. The average molecular weight is 341 g/mol. The van der Waals surface area contributed by atoms with E-state index in [-0.39, 0.29) is 5.91 Å². The van der Waals surface area contributed by atoms with E-state index in [1.54, 1.807) is 0 Å². The molecular weight excluding hydrogens is 308 g/mol. The second-order valence-corrected chi connectivity index (χ2v) is 8.57. The van der Waals surface area contributed by atoms with Crippen LogP contribution in [-0.4, -0.2) is 23.9 Å². The van der Waals surface area contributed by atoms with Gasteiger partial charge in [0.1, 0.15) is 0 Å². The highest BCUT2D eigenvalue weighted by Crippen LogP contribution is 2.49. The molecule has 0 radical (unpaired) electrons. The van der Waals surface area contributed by atoms with Crippen LogP contribution in [0.2, 0.25) is 0 Å². The van der Waals surface area contributed by atoms with Gasteiger partial charge in [0, 0.05) is 19.5 Å². The second kappa shape index (κ2) is 7.90. The van der Waals surface area contributed by atoms with E-state index in [1.807, 2.05) is 0 Å². The molecule has 3 fully saturated rings. The molecule has 25 heavy (non-hydrogen) atoms. The molecule has 4 rings (SSSR count). The van der Waals surface area contributed by atoms with Crippen LogP contribution in [0.3, 0.4) is 0 Å². The molecule has 3 atom stereocenters. The van der Waals surface area contributed by atoms with Crippen LogP contribution < -0.4 is 5.32 Å². The van der Waals surface area contributed by atoms with E-state index in [9.17, 15) is 4.79 Å². The van der Waals surface area contributed by atoms with Crippen molar-refractivity contribution >= 4 is 5.91 Å². The Morgan fingerprint density at radius 1 is 1.00 bits per heavy atom. The summed E-state index contributed by atoms with van der Waals surface area (Å²) < 4.78 is 0. The molecule has 2 aliphatic carbocycles. The number of carbonyl (C=O) groups is 1. The molecule has 0 spiro atoms. The molecule has 3 nitrogen and oxygen atoms in total. The van der Waals surface area contributed by atoms with Crippen LogP contribution in [-0.2, 0) is 17.9 Å². The summed E-state index contributed by atoms with van der Waals surface area (Å²) in [6.07, 6.45) is 10.3. The largest absolute Gasteiger partial charge is 0.352 e. The summed E-state index contributed by atoms with van der Waals surface area (Å²) >= 11 is 0. The minimum atomic E-state index is 0.245. The Balaban J connectivity index is 1.20. The van der Waals surface area contributed by atoms with Gasteiger partial charge >= 0.3 is 0 Å². The highest BCUT2D eigenvalue weighted by molar-refractivity contribution is 5.76. The molecule has 1 amide bonds. The van der Waals surface area contributed by atoms with Crippen LogP contribution in [0.25, 0.3) is 0 Å². The number of fused-ring (bicyclic) bond motifs is 2. The van der Waals surface area contributed by atoms with Crippen molar-refractivity contribution < 1.29 is 4.79 Å². The monoisotopic (exact) mass is 340 g/mol. The van der Waals surface area contributed by atoms with Gasteiger partial charge in [-0.1, -0.05) is 37.1 Å². The molecule has 1 aromatic rings. The molecule has 1 N–H and O–H groups in total. The summed E-state index contributed by atoms with van der Waals surface area (Å²) in [5, 5.41) is 3.14. The summed E-state index contributed by atoms with van der Waals surface area (Å²) in [5.74, 6) is 2.67. The van der Waals surface area contributed by atoms with E-state index in [1.165, 1.54) is 69.2 Å². The van der Waals surface area contributed by atoms with Gasteiger partial charge in [-0.3, -0.25) is 9.69 Å². The van der Waals surface area contributed by atoms with Gasteiger partial charge < -0.3 is 5.32 Å². The number of amides is 1. The van der Waals surface area contributed by atoms with Crippen molar-refractivity contribution in [3.63, 3.8) is 0 Å². The summed E-state index contributed by atoms with van der Waals surface area (Å²) in [5.41, 5.74) is 2.60. The zero-order chi connectivity index (χ0) is 17.1. The van der Waals surface area contributed by atoms with E-state index < -0.39 is 0 Å². The van der Waals surface area contributed by atoms with Crippen molar-refractivity contribution in [3.05, 3.63) is 35.4 Å². The van der Waals surface area contributed by atoms with Crippen molar-refractivity contribution in [2.75, 3.05) is 13.1 Å². The van der Waals surface area contributed by atoms with E-state index in [2.05, 4.69) is 34.5 Å². The molecule has 2 saturated carbocycles. The topological polar surface area (TPSA) is 32.3 Å². The van der Waals surface area contributed by atoms with Crippen molar-refractivity contribution in [2.24, 2.45) is 17.8 Å². The molecule has 1 aliphatic heterocycles. The number of likely N-dealkylation sites (tertiary alicyclic amines) is 1. The molecule has 3 aliphatic rings. The third-order valence-electron chi connectivity index (χ3n) is 6.70. The lowest BCUT2D eigenvalue weighted by molar-refractivity contribution is -0.122. The predicted molar refractivity (Wildman–Crippen MR) is 101 cm³/mol. The number of hydrogen-bond donors (Lipinski definition) is 1. The molecule has 0 aromatic heterocycles. The van der Waals surface area contributed by atoms with Gasteiger partial charge in [0.05, 0.1) is 0 Å². The van der Waals surface area contributed by atoms with Gasteiger partial charge in [0.25, 0.3) is 0 Å². The first-order valence-corrected chi connectivity index (χ1v) is 10.3. The lowest BCUT2D eigenvalue weighted by Gasteiger charge is -2.26. The third kappa shape index (κ3) is 4.44. The summed E-state index contributed by atoms with van der Waals surface area (Å²) in [7, 11) is 0. The molecule has 1 aromatic carbocycles. The number of piperidine rings is 1. The van der Waals surface area contributed by atoms with Gasteiger partial charge in [-0.05, 0) is 74.1 Å². The minimum Gasteiger partial charge on any atom is -0.352 e. The predicted octanol–water partition coefficient (Wildman–Crippen LogP) is 4.12. The summed E-state index contributed by atoms with van der Waals surface area (Å²) in [6, 6.07) is 8.81. The molecule has 1 saturated heterocycles. The van der Waals surface area contributed by atoms with Gasteiger partial charge in [-0.2, -0.15) is 0 Å². The Kier molecular flexibility index (Phi) is 5.40. The highest BCUT2D eigenvalue weighted by atomic mass is 16.1. The fourth-order valence-electron chi connectivity index (χ4n) is 5.28. The molecule has 0 unspecified atom stereocenters. The Bertz CT molecular complexity index is 576. The lowest BCUT2D eigenvalue weighted by Crippen LogP contribution is -2.29. The van der Waals surface area contributed by atoms with Crippen LogP contribution >= 0.6 is 0 Å². The van der Waals surface area contributed by atoms with Gasteiger partial charge in [0.15, 0.2) is 0 Å². The number of nitrogens with one attached hydrogen (secondary N) is 1. The van der Waals surface area contributed by atoms with E-state index in [4.69, 9.17) is 0 Å². The molecular formula is C22H32N2O.